The van der Waals surface area contributed by atoms with Crippen LogP contribution in [0, 0.1) is 0 Å². The number of hydrogen-bond donors (Lipinski definition) is 2. The van der Waals surface area contributed by atoms with Gasteiger partial charge in [-0.25, -0.2) is 13.4 Å². The topological polar surface area (TPSA) is 115 Å². The Kier molecular flexibility index (Phi) is 4.77. The van der Waals surface area contributed by atoms with Crippen LogP contribution in [-0.2, 0) is 16.4 Å². The van der Waals surface area contributed by atoms with Crippen LogP contribution in [0.25, 0.3) is 11.0 Å². The van der Waals surface area contributed by atoms with E-state index in [4.69, 9.17) is 10.2 Å². The highest BCUT2D eigenvalue weighted by Gasteiger charge is 2.17. The summed E-state index contributed by atoms with van der Waals surface area (Å²) >= 11 is 0. The number of fused-ring (bicyclic) bond motifs is 1. The van der Waals surface area contributed by atoms with E-state index in [1.165, 1.54) is 18.3 Å². The molecule has 8 heteroatoms. The highest BCUT2D eigenvalue weighted by Crippen LogP contribution is 2.22. The summed E-state index contributed by atoms with van der Waals surface area (Å²) in [5.74, 6) is 0.104. The SMILES string of the molecule is Nc1cc2cc(C(=O)NCc3ccc(S(=O)(=O)c4ccccc4)cc3)oc2cn1. The van der Waals surface area contributed by atoms with Gasteiger partial charge in [-0.3, -0.25) is 4.79 Å². The van der Waals surface area contributed by atoms with Gasteiger partial charge in [-0.05, 0) is 42.0 Å². The van der Waals surface area contributed by atoms with Gasteiger partial charge in [-0.15, -0.1) is 0 Å². The van der Waals surface area contributed by atoms with E-state index in [0.717, 1.165) is 5.56 Å². The van der Waals surface area contributed by atoms with E-state index in [1.54, 1.807) is 54.6 Å². The van der Waals surface area contributed by atoms with E-state index in [0.29, 0.717) is 16.8 Å². The number of furan rings is 1. The quantitative estimate of drug-likeness (QED) is 0.525. The molecule has 0 spiro atoms. The predicted molar refractivity (Wildman–Crippen MR) is 108 cm³/mol. The zero-order valence-corrected chi connectivity index (χ0v) is 16.0. The molecule has 2 aromatic carbocycles. The summed E-state index contributed by atoms with van der Waals surface area (Å²) in [5, 5.41) is 3.44. The first-order valence-corrected chi connectivity index (χ1v) is 10.2. The molecule has 0 atom stereocenters. The molecule has 0 saturated carbocycles. The Bertz CT molecular complexity index is 1280. The monoisotopic (exact) mass is 407 g/mol. The van der Waals surface area contributed by atoms with Crippen molar-refractivity contribution in [2.24, 2.45) is 0 Å². The average molecular weight is 407 g/mol. The molecule has 0 aliphatic heterocycles. The number of nitrogens with two attached hydrogens (primary N) is 1. The fourth-order valence-electron chi connectivity index (χ4n) is 2.87. The van der Waals surface area contributed by atoms with Crippen LogP contribution in [0.1, 0.15) is 16.1 Å². The van der Waals surface area contributed by atoms with Gasteiger partial charge in [0.15, 0.2) is 11.3 Å². The van der Waals surface area contributed by atoms with Crippen LogP contribution in [0.2, 0.25) is 0 Å². The van der Waals surface area contributed by atoms with Crippen LogP contribution >= 0.6 is 0 Å². The minimum absolute atomic E-state index is 0.149. The van der Waals surface area contributed by atoms with Crippen molar-refractivity contribution >= 4 is 32.5 Å². The molecule has 0 saturated heterocycles. The van der Waals surface area contributed by atoms with Crippen LogP contribution in [0.15, 0.2) is 87.1 Å². The van der Waals surface area contributed by atoms with Gasteiger partial charge in [0, 0.05) is 11.9 Å². The van der Waals surface area contributed by atoms with Crippen LogP contribution in [0.5, 0.6) is 0 Å². The van der Waals surface area contributed by atoms with E-state index < -0.39 is 9.84 Å². The van der Waals surface area contributed by atoms with Crippen molar-refractivity contribution in [3.05, 3.63) is 84.3 Å². The maximum absolute atomic E-state index is 12.6. The van der Waals surface area contributed by atoms with Crippen molar-refractivity contribution in [1.82, 2.24) is 10.3 Å². The summed E-state index contributed by atoms with van der Waals surface area (Å²) in [7, 11) is -3.57. The highest BCUT2D eigenvalue weighted by molar-refractivity contribution is 7.91. The fraction of sp³-hybridized carbons (Fsp3) is 0.0476. The molecular formula is C21H17N3O4S. The number of hydrogen-bond acceptors (Lipinski definition) is 6. The molecule has 1 amide bonds. The molecule has 0 aliphatic carbocycles. The standard InChI is InChI=1S/C21H17N3O4S/c22-20-11-15-10-18(28-19(15)13-23-20)21(25)24-12-14-6-8-17(9-7-14)29(26,27)16-4-2-1-3-5-16/h1-11,13H,12H2,(H2,22,23)(H,24,25). The number of carbonyl (C=O) groups excluding carboxylic acids is 1. The van der Waals surface area contributed by atoms with Gasteiger partial charge in [0.2, 0.25) is 9.84 Å². The molecule has 0 bridgehead atoms. The van der Waals surface area contributed by atoms with Gasteiger partial charge in [-0.2, -0.15) is 0 Å². The molecular weight excluding hydrogens is 390 g/mol. The molecule has 0 radical (unpaired) electrons. The van der Waals surface area contributed by atoms with E-state index in [-0.39, 0.29) is 28.0 Å². The van der Waals surface area contributed by atoms with Crippen LogP contribution in [-0.4, -0.2) is 19.3 Å². The maximum Gasteiger partial charge on any atom is 0.287 e. The highest BCUT2D eigenvalue weighted by atomic mass is 32.2. The Morgan fingerprint density at radius 3 is 2.41 bits per heavy atom. The summed E-state index contributed by atoms with van der Waals surface area (Å²) in [5.41, 5.74) is 6.86. The molecule has 4 rings (SSSR count). The molecule has 29 heavy (non-hydrogen) atoms. The zero-order chi connectivity index (χ0) is 20.4. The Labute approximate surface area is 167 Å². The normalized spacial score (nSPS) is 11.4. The van der Waals surface area contributed by atoms with Crippen molar-refractivity contribution in [2.75, 3.05) is 5.73 Å². The van der Waals surface area contributed by atoms with E-state index >= 15 is 0 Å². The molecule has 0 unspecified atom stereocenters. The number of nitrogens with zero attached hydrogens (tertiary/aromatic N) is 1. The summed E-state index contributed by atoms with van der Waals surface area (Å²) in [6, 6.07) is 17.8. The Balaban J connectivity index is 1.45. The van der Waals surface area contributed by atoms with E-state index in [9.17, 15) is 13.2 Å². The number of carbonyl (C=O) groups is 1. The van der Waals surface area contributed by atoms with E-state index in [2.05, 4.69) is 10.3 Å². The third-order valence-electron chi connectivity index (χ3n) is 4.39. The number of aromatic nitrogens is 1. The lowest BCUT2D eigenvalue weighted by molar-refractivity contribution is 0.0925. The largest absolute Gasteiger partial charge is 0.449 e. The molecule has 0 fully saturated rings. The molecule has 2 aromatic heterocycles. The fourth-order valence-corrected chi connectivity index (χ4v) is 4.15. The average Bonchev–Trinajstić information content (AvgIpc) is 3.16. The van der Waals surface area contributed by atoms with Gasteiger partial charge in [0.1, 0.15) is 5.82 Å². The molecule has 0 aliphatic rings. The summed E-state index contributed by atoms with van der Waals surface area (Å²) in [6.45, 7) is 0.224. The second kappa shape index (κ2) is 7.40. The lowest BCUT2D eigenvalue weighted by Crippen LogP contribution is -2.22. The first kappa shape index (κ1) is 18.7. The number of sulfone groups is 1. The first-order valence-electron chi connectivity index (χ1n) is 8.76. The second-order valence-corrected chi connectivity index (χ2v) is 8.35. The number of rotatable bonds is 5. The molecule has 2 heterocycles. The number of nitrogens with one attached hydrogen (secondary N) is 1. The number of pyridine rings is 1. The lowest BCUT2D eigenvalue weighted by Gasteiger charge is -2.07. The third kappa shape index (κ3) is 3.83. The third-order valence-corrected chi connectivity index (χ3v) is 6.17. The summed E-state index contributed by atoms with van der Waals surface area (Å²) < 4.78 is 30.7. The number of anilines is 1. The van der Waals surface area contributed by atoms with Crippen molar-refractivity contribution < 1.29 is 17.6 Å². The Morgan fingerprint density at radius 1 is 1.00 bits per heavy atom. The van der Waals surface area contributed by atoms with Crippen molar-refractivity contribution in [3.63, 3.8) is 0 Å². The Morgan fingerprint density at radius 2 is 1.69 bits per heavy atom. The number of amides is 1. The lowest BCUT2D eigenvalue weighted by atomic mass is 10.2. The first-order chi connectivity index (χ1) is 13.9. The summed E-state index contributed by atoms with van der Waals surface area (Å²) in [6.07, 6.45) is 1.47. The zero-order valence-electron chi connectivity index (χ0n) is 15.2. The van der Waals surface area contributed by atoms with Gasteiger partial charge < -0.3 is 15.5 Å². The second-order valence-electron chi connectivity index (χ2n) is 6.40. The minimum atomic E-state index is -3.57. The molecule has 3 N–H and O–H groups in total. The van der Waals surface area contributed by atoms with Gasteiger partial charge in [0.05, 0.1) is 16.0 Å². The number of nitrogen functional groups attached to an aromatic ring is 1. The van der Waals surface area contributed by atoms with Gasteiger partial charge >= 0.3 is 0 Å². The maximum atomic E-state index is 12.6. The smallest absolute Gasteiger partial charge is 0.287 e. The van der Waals surface area contributed by atoms with E-state index in [1.807, 2.05) is 0 Å². The van der Waals surface area contributed by atoms with Gasteiger partial charge in [-0.1, -0.05) is 30.3 Å². The minimum Gasteiger partial charge on any atom is -0.449 e. The van der Waals surface area contributed by atoms with Crippen molar-refractivity contribution in [3.8, 4) is 0 Å². The van der Waals surface area contributed by atoms with Crippen LogP contribution in [0.4, 0.5) is 5.82 Å². The molecule has 4 aromatic rings. The van der Waals surface area contributed by atoms with Crippen molar-refractivity contribution in [1.29, 1.82) is 0 Å². The Hall–Kier alpha value is -3.65. The van der Waals surface area contributed by atoms with Crippen molar-refractivity contribution in [2.45, 2.75) is 16.3 Å². The number of benzene rings is 2. The molecule has 146 valence electrons. The molecule has 7 nitrogen and oxygen atoms in total. The van der Waals surface area contributed by atoms with Crippen LogP contribution < -0.4 is 11.1 Å². The van der Waals surface area contributed by atoms with Crippen LogP contribution in [0.3, 0.4) is 0 Å². The van der Waals surface area contributed by atoms with Gasteiger partial charge in [0.25, 0.3) is 5.91 Å². The summed E-state index contributed by atoms with van der Waals surface area (Å²) in [4.78, 5) is 16.7. The predicted octanol–water partition coefficient (Wildman–Crippen LogP) is 3.17.